The maximum absolute atomic E-state index is 12.3. The van der Waals surface area contributed by atoms with Crippen LogP contribution in [0.5, 0.6) is 11.5 Å². The van der Waals surface area contributed by atoms with Crippen LogP contribution in [0, 0.1) is 6.07 Å². The van der Waals surface area contributed by atoms with Gasteiger partial charge in [0.15, 0.2) is 0 Å². The molecule has 0 bridgehead atoms. The minimum Gasteiger partial charge on any atom is -0.507 e. The highest BCUT2D eigenvalue weighted by Crippen LogP contribution is 2.32. The molecule has 0 saturated carbocycles. The van der Waals surface area contributed by atoms with E-state index in [0.717, 1.165) is 5.56 Å². The molecule has 22 heavy (non-hydrogen) atoms. The molecule has 115 valence electrons. The van der Waals surface area contributed by atoms with Gasteiger partial charge in [-0.25, -0.2) is 0 Å². The second-order valence-electron chi connectivity index (χ2n) is 6.06. The van der Waals surface area contributed by atoms with Gasteiger partial charge < -0.3 is 15.2 Å². The minimum absolute atomic E-state index is 0.0472. The smallest absolute Gasteiger partial charge is 0.259 e. The maximum Gasteiger partial charge on any atom is 0.259 e. The van der Waals surface area contributed by atoms with Gasteiger partial charge in [-0.2, -0.15) is 0 Å². The predicted molar refractivity (Wildman–Crippen MR) is 86.6 cm³/mol. The molecule has 4 heteroatoms. The van der Waals surface area contributed by atoms with Crippen molar-refractivity contribution < 1.29 is 14.6 Å². The van der Waals surface area contributed by atoms with E-state index in [4.69, 9.17) is 4.74 Å². The normalized spacial score (nSPS) is 11.1. The molecule has 2 N–H and O–H groups in total. The maximum atomic E-state index is 12.3. The molecule has 0 aliphatic carbocycles. The average molecular weight is 298 g/mol. The first-order valence-electron chi connectivity index (χ1n) is 7.02. The molecular weight excluding hydrogens is 278 g/mol. The zero-order valence-corrected chi connectivity index (χ0v) is 13.2. The van der Waals surface area contributed by atoms with E-state index in [2.05, 4.69) is 32.2 Å². The van der Waals surface area contributed by atoms with Gasteiger partial charge in [0.2, 0.25) is 0 Å². The van der Waals surface area contributed by atoms with Crippen LogP contribution in [0.25, 0.3) is 0 Å². The summed E-state index contributed by atoms with van der Waals surface area (Å²) in [4.78, 5) is 12.3. The van der Waals surface area contributed by atoms with Crippen molar-refractivity contribution in [1.82, 2.24) is 0 Å². The number of amides is 1. The Balaban J connectivity index is 2.36. The lowest BCUT2D eigenvalue weighted by atomic mass is 9.87. The highest BCUT2D eigenvalue weighted by atomic mass is 16.5. The first-order valence-corrected chi connectivity index (χ1v) is 7.02. The Morgan fingerprint density at radius 1 is 1.27 bits per heavy atom. The summed E-state index contributed by atoms with van der Waals surface area (Å²) in [6.45, 7) is 6.29. The van der Waals surface area contributed by atoms with Crippen molar-refractivity contribution in [2.45, 2.75) is 26.2 Å². The standard InChI is InChI=1S/C18H20NO3/c1-18(2,3)12-9-10-16(22-4)14(11-12)19-17(21)13-7-5-6-8-15(13)20/h6-11,20H,1-4H3,(H,19,21). The fourth-order valence-electron chi connectivity index (χ4n) is 2.07. The lowest BCUT2D eigenvalue weighted by molar-refractivity contribution is 0.102. The number of phenolic OH excluding ortho intramolecular Hbond substituents is 1. The average Bonchev–Trinajstić information content (AvgIpc) is 2.46. The molecule has 0 unspecified atom stereocenters. The van der Waals surface area contributed by atoms with Crippen molar-refractivity contribution in [2.24, 2.45) is 0 Å². The van der Waals surface area contributed by atoms with E-state index in [1.165, 1.54) is 12.1 Å². The van der Waals surface area contributed by atoms with Gasteiger partial charge in [0.1, 0.15) is 11.5 Å². The summed E-state index contributed by atoms with van der Waals surface area (Å²) in [5, 5.41) is 12.5. The first-order chi connectivity index (χ1) is 10.3. The Morgan fingerprint density at radius 3 is 2.59 bits per heavy atom. The van der Waals surface area contributed by atoms with Gasteiger partial charge in [0.05, 0.1) is 18.4 Å². The summed E-state index contributed by atoms with van der Waals surface area (Å²) < 4.78 is 5.29. The second-order valence-corrected chi connectivity index (χ2v) is 6.06. The molecule has 2 aromatic rings. The molecule has 0 aromatic heterocycles. The first kappa shape index (κ1) is 15.9. The Bertz CT molecular complexity index is 687. The van der Waals surface area contributed by atoms with Crippen molar-refractivity contribution in [3.63, 3.8) is 0 Å². The molecule has 0 spiro atoms. The monoisotopic (exact) mass is 298 g/mol. The molecule has 0 fully saturated rings. The van der Waals surface area contributed by atoms with Crippen LogP contribution >= 0.6 is 0 Å². The van der Waals surface area contributed by atoms with E-state index in [0.29, 0.717) is 11.4 Å². The summed E-state index contributed by atoms with van der Waals surface area (Å²) in [5.41, 5.74) is 1.77. The molecule has 0 aliphatic rings. The molecular formula is C18H20NO3. The number of ether oxygens (including phenoxy) is 1. The van der Waals surface area contributed by atoms with E-state index < -0.39 is 5.91 Å². The van der Waals surface area contributed by atoms with Crippen molar-refractivity contribution in [3.8, 4) is 11.5 Å². The highest BCUT2D eigenvalue weighted by molar-refractivity contribution is 6.06. The van der Waals surface area contributed by atoms with Crippen molar-refractivity contribution in [2.75, 3.05) is 12.4 Å². The molecule has 1 radical (unpaired) electrons. The number of benzene rings is 2. The number of carbonyl (C=O) groups is 1. The SMILES string of the molecule is COc1ccc(C(C)(C)C)cc1NC(=O)c1c[c]ccc1O. The van der Waals surface area contributed by atoms with Crippen molar-refractivity contribution >= 4 is 11.6 Å². The largest absolute Gasteiger partial charge is 0.507 e. The van der Waals surface area contributed by atoms with Crippen LogP contribution < -0.4 is 10.1 Å². The van der Waals surface area contributed by atoms with Gasteiger partial charge in [0.25, 0.3) is 5.91 Å². The number of carbonyl (C=O) groups excluding carboxylic acids is 1. The number of phenols is 1. The second kappa shape index (κ2) is 6.10. The van der Waals surface area contributed by atoms with E-state index in [9.17, 15) is 9.90 Å². The molecule has 0 atom stereocenters. The molecule has 0 heterocycles. The fourth-order valence-corrected chi connectivity index (χ4v) is 2.07. The predicted octanol–water partition coefficient (Wildman–Crippen LogP) is 3.75. The lowest BCUT2D eigenvalue weighted by Gasteiger charge is -2.21. The number of rotatable bonds is 3. The van der Waals surface area contributed by atoms with Crippen LogP contribution in [0.1, 0.15) is 36.7 Å². The number of hydrogen-bond acceptors (Lipinski definition) is 3. The van der Waals surface area contributed by atoms with Crippen LogP contribution in [-0.2, 0) is 5.41 Å². The van der Waals surface area contributed by atoms with Gasteiger partial charge in [-0.3, -0.25) is 4.79 Å². The van der Waals surface area contributed by atoms with E-state index in [1.54, 1.807) is 13.2 Å². The van der Waals surface area contributed by atoms with Crippen molar-refractivity contribution in [1.29, 1.82) is 0 Å². The Morgan fingerprint density at radius 2 is 2.00 bits per heavy atom. The molecule has 2 rings (SSSR count). The quantitative estimate of drug-likeness (QED) is 0.907. The van der Waals surface area contributed by atoms with Crippen LogP contribution in [0.3, 0.4) is 0 Å². The highest BCUT2D eigenvalue weighted by Gasteiger charge is 2.18. The summed E-state index contributed by atoms with van der Waals surface area (Å²) in [6.07, 6.45) is 0. The number of aromatic hydroxyl groups is 1. The molecule has 0 saturated heterocycles. The zero-order valence-electron chi connectivity index (χ0n) is 13.2. The molecule has 2 aromatic carbocycles. The number of anilines is 1. The van der Waals surface area contributed by atoms with Gasteiger partial charge in [-0.15, -0.1) is 0 Å². The molecule has 1 amide bonds. The Kier molecular flexibility index (Phi) is 4.40. The topological polar surface area (TPSA) is 58.6 Å². The third-order valence-corrected chi connectivity index (χ3v) is 3.40. The van der Waals surface area contributed by atoms with Gasteiger partial charge in [-0.1, -0.05) is 32.9 Å². The molecule has 4 nitrogen and oxygen atoms in total. The van der Waals surface area contributed by atoms with Crippen LogP contribution in [0.2, 0.25) is 0 Å². The lowest BCUT2D eigenvalue weighted by Crippen LogP contribution is -2.15. The number of methoxy groups -OCH3 is 1. The van der Waals surface area contributed by atoms with Gasteiger partial charge >= 0.3 is 0 Å². The van der Waals surface area contributed by atoms with E-state index >= 15 is 0 Å². The Labute approximate surface area is 130 Å². The van der Waals surface area contributed by atoms with E-state index in [1.807, 2.05) is 18.2 Å². The van der Waals surface area contributed by atoms with Gasteiger partial charge in [0, 0.05) is 0 Å². The van der Waals surface area contributed by atoms with Gasteiger partial charge in [-0.05, 0) is 41.3 Å². The number of hydrogen-bond donors (Lipinski definition) is 2. The third-order valence-electron chi connectivity index (χ3n) is 3.40. The number of nitrogens with one attached hydrogen (secondary N) is 1. The van der Waals surface area contributed by atoms with Crippen LogP contribution in [-0.4, -0.2) is 18.1 Å². The molecule has 0 aliphatic heterocycles. The van der Waals surface area contributed by atoms with Crippen LogP contribution in [0.15, 0.2) is 36.4 Å². The summed E-state index contributed by atoms with van der Waals surface area (Å²) in [6, 6.07) is 12.9. The zero-order chi connectivity index (χ0) is 16.3. The Hall–Kier alpha value is -2.49. The minimum atomic E-state index is -0.404. The summed E-state index contributed by atoms with van der Waals surface area (Å²) in [7, 11) is 1.55. The fraction of sp³-hybridized carbons (Fsp3) is 0.278. The van der Waals surface area contributed by atoms with Crippen LogP contribution in [0.4, 0.5) is 5.69 Å². The summed E-state index contributed by atoms with van der Waals surface area (Å²) >= 11 is 0. The van der Waals surface area contributed by atoms with E-state index in [-0.39, 0.29) is 16.7 Å². The summed E-state index contributed by atoms with van der Waals surface area (Å²) in [5.74, 6) is 0.0849. The van der Waals surface area contributed by atoms with Crippen molar-refractivity contribution in [3.05, 3.63) is 53.6 Å². The third kappa shape index (κ3) is 3.39.